The van der Waals surface area contributed by atoms with Crippen LogP contribution < -0.4 is 32.7 Å². The van der Waals surface area contributed by atoms with E-state index in [-0.39, 0.29) is 38.3 Å². The molecule has 1 aliphatic rings. The number of hydrogen-bond acceptors (Lipinski definition) is 8. The molecule has 2 aromatic rings. The van der Waals surface area contributed by atoms with Crippen LogP contribution in [0, 0.1) is 5.41 Å². The molecule has 1 heterocycles. The van der Waals surface area contributed by atoms with E-state index in [0.717, 1.165) is 16.3 Å². The standard InChI is InChI=1S/C32H46ClN8O9P/c1-19(50-51(47,48)49)27(40-26(42)18-33)31(46)41-16-5-4-10-25(41)30(45)39-24(14-12-20-11-13-21-7-2-3-8-22(21)17-20)29(44)38-23(28(34)43)9-6-15-37-32(35)36/h2-3,7-8,11,13,17,19,23-25,27H,4-6,9-10,12,14-16,18H2,1H3,(H2,34,43)(H,38,44)(H,39,45)(H,40,42)(H4,35,36,37)(H2,47,48,49)/t19?,23-,24-,25-,27-/m0/s1. The normalized spacial score (nSPS) is 17.0. The van der Waals surface area contributed by atoms with Crippen molar-refractivity contribution in [2.45, 2.75) is 82.1 Å². The molecule has 280 valence electrons. The molecule has 0 saturated carbocycles. The molecule has 0 spiro atoms. The molecule has 5 amide bonds. The van der Waals surface area contributed by atoms with Crippen molar-refractivity contribution in [1.29, 1.82) is 5.41 Å². The summed E-state index contributed by atoms with van der Waals surface area (Å²) in [5.41, 5.74) is 11.8. The Morgan fingerprint density at radius 3 is 2.37 bits per heavy atom. The van der Waals surface area contributed by atoms with Gasteiger partial charge in [0.05, 0.1) is 6.10 Å². The van der Waals surface area contributed by atoms with Crippen LogP contribution in [0.3, 0.4) is 0 Å². The Balaban J connectivity index is 1.85. The number of amides is 5. The number of piperidine rings is 1. The Bertz CT molecular complexity index is 1630. The Kier molecular flexibility index (Phi) is 15.6. The Hall–Kier alpha value is -4.28. The fraction of sp³-hybridized carbons (Fsp3) is 0.500. The Labute approximate surface area is 300 Å². The van der Waals surface area contributed by atoms with Crippen LogP contribution in [0.4, 0.5) is 0 Å². The average molecular weight is 753 g/mol. The Morgan fingerprint density at radius 1 is 1.02 bits per heavy atom. The number of phosphoric ester groups is 1. The number of nitrogens with zero attached hydrogens (tertiary/aromatic N) is 1. The van der Waals surface area contributed by atoms with E-state index >= 15 is 0 Å². The number of aryl methyl sites for hydroxylation is 1. The van der Waals surface area contributed by atoms with E-state index < -0.39 is 73.5 Å². The zero-order valence-corrected chi connectivity index (χ0v) is 29.8. The minimum Gasteiger partial charge on any atom is -0.370 e. The molecule has 0 aliphatic carbocycles. The fourth-order valence-electron chi connectivity index (χ4n) is 5.85. The zero-order valence-electron chi connectivity index (χ0n) is 28.2. The summed E-state index contributed by atoms with van der Waals surface area (Å²) in [6, 6.07) is 8.57. The second-order valence-electron chi connectivity index (χ2n) is 12.3. The van der Waals surface area contributed by atoms with Gasteiger partial charge in [-0.2, -0.15) is 0 Å². The van der Waals surface area contributed by atoms with Crippen molar-refractivity contribution >= 4 is 65.7 Å². The minimum absolute atomic E-state index is 0.0683. The molecule has 0 radical (unpaired) electrons. The molecule has 1 fully saturated rings. The van der Waals surface area contributed by atoms with E-state index in [1.54, 1.807) is 0 Å². The van der Waals surface area contributed by atoms with Crippen LogP contribution in [0.25, 0.3) is 10.8 Å². The van der Waals surface area contributed by atoms with Crippen molar-refractivity contribution in [3.05, 3.63) is 48.0 Å². The van der Waals surface area contributed by atoms with Gasteiger partial charge in [-0.15, -0.1) is 11.6 Å². The molecule has 3 rings (SSSR count). The van der Waals surface area contributed by atoms with Crippen molar-refractivity contribution in [2.24, 2.45) is 11.5 Å². The number of carbonyl (C=O) groups is 5. The molecule has 51 heavy (non-hydrogen) atoms. The molecule has 0 aromatic heterocycles. The highest BCUT2D eigenvalue weighted by Gasteiger charge is 2.41. The van der Waals surface area contributed by atoms with E-state index in [0.29, 0.717) is 25.7 Å². The number of hydrogen-bond donors (Lipinski definition) is 9. The van der Waals surface area contributed by atoms with E-state index in [4.69, 9.17) is 33.0 Å². The number of rotatable bonds is 18. The quantitative estimate of drug-likeness (QED) is 0.0324. The smallest absolute Gasteiger partial charge is 0.370 e. The lowest BCUT2D eigenvalue weighted by molar-refractivity contribution is -0.147. The predicted molar refractivity (Wildman–Crippen MR) is 189 cm³/mol. The summed E-state index contributed by atoms with van der Waals surface area (Å²) >= 11 is 5.62. The van der Waals surface area contributed by atoms with Crippen LogP contribution in [0.2, 0.25) is 0 Å². The van der Waals surface area contributed by atoms with E-state index in [2.05, 4.69) is 21.3 Å². The van der Waals surface area contributed by atoms with Crippen molar-refractivity contribution < 1.29 is 42.8 Å². The topological polar surface area (TPSA) is 279 Å². The first kappa shape index (κ1) is 41.1. The van der Waals surface area contributed by atoms with Crippen molar-refractivity contribution in [3.8, 4) is 0 Å². The third-order valence-electron chi connectivity index (χ3n) is 8.38. The largest absolute Gasteiger partial charge is 0.469 e. The first-order valence-electron chi connectivity index (χ1n) is 16.4. The fourth-order valence-corrected chi connectivity index (χ4v) is 6.48. The van der Waals surface area contributed by atoms with Gasteiger partial charge in [0.25, 0.3) is 0 Å². The number of phosphoric acid groups is 1. The number of alkyl halides is 1. The summed E-state index contributed by atoms with van der Waals surface area (Å²) in [6.45, 7) is 1.51. The number of primary amides is 1. The highest BCUT2D eigenvalue weighted by molar-refractivity contribution is 7.46. The maximum absolute atomic E-state index is 13.9. The maximum atomic E-state index is 13.9. The summed E-state index contributed by atoms with van der Waals surface area (Å²) < 4.78 is 16.3. The number of halogens is 1. The molecular weight excluding hydrogens is 707 g/mol. The van der Waals surface area contributed by atoms with Gasteiger partial charge in [0.2, 0.25) is 29.5 Å². The second-order valence-corrected chi connectivity index (χ2v) is 13.7. The van der Waals surface area contributed by atoms with Crippen LogP contribution in [0.1, 0.15) is 51.0 Å². The molecule has 11 N–H and O–H groups in total. The SMILES string of the molecule is CC(OP(=O)(O)O)[C@H](NC(=O)CCl)C(=O)N1CCCC[C@H]1C(=O)N[C@@H](CCc1ccc2ccccc2c1)C(=O)N[C@@H](CCCNC(=N)N)C(N)=O. The maximum Gasteiger partial charge on any atom is 0.469 e. The van der Waals surface area contributed by atoms with Gasteiger partial charge in [0.1, 0.15) is 30.0 Å². The van der Waals surface area contributed by atoms with Crippen LogP contribution in [0.5, 0.6) is 0 Å². The summed E-state index contributed by atoms with van der Waals surface area (Å²) in [4.78, 5) is 85.8. The Morgan fingerprint density at radius 2 is 1.73 bits per heavy atom. The molecule has 19 heteroatoms. The summed E-state index contributed by atoms with van der Waals surface area (Å²) in [5.74, 6) is -4.61. The van der Waals surface area contributed by atoms with Crippen molar-refractivity contribution in [3.63, 3.8) is 0 Å². The van der Waals surface area contributed by atoms with Gasteiger partial charge in [-0.25, -0.2) is 4.57 Å². The number of likely N-dealkylation sites (tertiary alicyclic amines) is 1. The minimum atomic E-state index is -5.08. The van der Waals surface area contributed by atoms with Gasteiger partial charge >= 0.3 is 7.82 Å². The van der Waals surface area contributed by atoms with Crippen LogP contribution >= 0.6 is 19.4 Å². The predicted octanol–water partition coefficient (Wildman–Crippen LogP) is 0.0931. The highest BCUT2D eigenvalue weighted by atomic mass is 35.5. The van der Waals surface area contributed by atoms with E-state index in [1.807, 2.05) is 42.5 Å². The van der Waals surface area contributed by atoms with Crippen LogP contribution in [0.15, 0.2) is 42.5 Å². The molecule has 0 bridgehead atoms. The lowest BCUT2D eigenvalue weighted by Crippen LogP contribution is -2.62. The number of nitrogens with two attached hydrogens (primary N) is 2. The van der Waals surface area contributed by atoms with Crippen molar-refractivity contribution in [2.75, 3.05) is 19.0 Å². The highest BCUT2D eigenvalue weighted by Crippen LogP contribution is 2.38. The number of carbonyl (C=O) groups excluding carboxylic acids is 5. The van der Waals surface area contributed by atoms with Crippen LogP contribution in [-0.4, -0.2) is 99.4 Å². The molecule has 1 saturated heterocycles. The van der Waals surface area contributed by atoms with Crippen molar-refractivity contribution in [1.82, 2.24) is 26.2 Å². The first-order valence-corrected chi connectivity index (χ1v) is 18.5. The number of guanidine groups is 1. The first-order chi connectivity index (χ1) is 24.1. The molecule has 2 aromatic carbocycles. The second kappa shape index (κ2) is 19.4. The molecule has 5 atom stereocenters. The number of fused-ring (bicyclic) bond motifs is 1. The lowest BCUT2D eigenvalue weighted by Gasteiger charge is -2.38. The third kappa shape index (κ3) is 13.1. The summed E-state index contributed by atoms with van der Waals surface area (Å²) in [5, 5.41) is 19.6. The lowest BCUT2D eigenvalue weighted by atomic mass is 9.97. The molecule has 17 nitrogen and oxygen atoms in total. The van der Waals surface area contributed by atoms with E-state index in [1.165, 1.54) is 11.8 Å². The molecular formula is C32H46ClN8O9P. The number of nitrogens with one attached hydrogen (secondary N) is 5. The van der Waals surface area contributed by atoms with Gasteiger partial charge in [0.15, 0.2) is 5.96 Å². The average Bonchev–Trinajstić information content (AvgIpc) is 3.08. The number of benzene rings is 2. The molecule has 1 unspecified atom stereocenters. The zero-order chi connectivity index (χ0) is 37.7. The van der Waals surface area contributed by atoms with Gasteiger partial charge < -0.3 is 47.4 Å². The monoisotopic (exact) mass is 752 g/mol. The van der Waals surface area contributed by atoms with Gasteiger partial charge in [0, 0.05) is 13.1 Å². The summed E-state index contributed by atoms with van der Waals surface area (Å²) in [7, 11) is -5.08. The van der Waals surface area contributed by atoms with E-state index in [9.17, 15) is 38.3 Å². The van der Waals surface area contributed by atoms with Gasteiger partial charge in [-0.1, -0.05) is 42.5 Å². The third-order valence-corrected chi connectivity index (χ3v) is 9.23. The van der Waals surface area contributed by atoms with Gasteiger partial charge in [-0.05, 0) is 68.2 Å². The van der Waals surface area contributed by atoms with Gasteiger partial charge in [-0.3, -0.25) is 33.9 Å². The summed E-state index contributed by atoms with van der Waals surface area (Å²) in [6.07, 6.45) is 0.639. The molecule has 1 aliphatic heterocycles. The van der Waals surface area contributed by atoms with Crippen LogP contribution in [-0.2, 0) is 39.5 Å².